The number of hydrogen-bond acceptors (Lipinski definition) is 4. The number of nitrogens with two attached hydrogens (primary N) is 1. The lowest BCUT2D eigenvalue weighted by Crippen LogP contribution is -2.30. The van der Waals surface area contributed by atoms with Gasteiger partial charge in [0.2, 0.25) is 10.0 Å². The summed E-state index contributed by atoms with van der Waals surface area (Å²) in [6.45, 7) is 2.87. The Morgan fingerprint density at radius 3 is 2.48 bits per heavy atom. The Labute approximate surface area is 137 Å². The molecular formula is C17H22N2O3S. The molecule has 0 aliphatic carbocycles. The van der Waals surface area contributed by atoms with Crippen molar-refractivity contribution in [2.45, 2.75) is 30.7 Å². The predicted octanol–water partition coefficient (Wildman–Crippen LogP) is 1.80. The molecule has 0 aliphatic heterocycles. The summed E-state index contributed by atoms with van der Waals surface area (Å²) in [5.41, 5.74) is 2.08. The average Bonchev–Trinajstić information content (AvgIpc) is 2.49. The van der Waals surface area contributed by atoms with Gasteiger partial charge in [0.15, 0.2) is 0 Å². The first-order chi connectivity index (χ1) is 10.9. The van der Waals surface area contributed by atoms with Crippen molar-refractivity contribution in [2.75, 3.05) is 6.54 Å². The number of sulfonamides is 1. The second-order valence-corrected chi connectivity index (χ2v) is 7.17. The van der Waals surface area contributed by atoms with E-state index >= 15 is 0 Å². The van der Waals surface area contributed by atoms with E-state index in [1.807, 2.05) is 25.1 Å². The summed E-state index contributed by atoms with van der Waals surface area (Å²) >= 11 is 0. The summed E-state index contributed by atoms with van der Waals surface area (Å²) in [5.74, 6) is -0.319. The Hall–Kier alpha value is -1.89. The lowest BCUT2D eigenvalue weighted by Gasteiger charge is -2.15. The number of phenols is 1. The molecular weight excluding hydrogens is 312 g/mol. The van der Waals surface area contributed by atoms with E-state index in [-0.39, 0.29) is 16.7 Å². The minimum absolute atomic E-state index is 0.177. The molecule has 0 aliphatic rings. The molecule has 1 unspecified atom stereocenters. The molecule has 0 fully saturated rings. The number of nitrogens with one attached hydrogen (secondary N) is 1. The minimum Gasteiger partial charge on any atom is -0.507 e. The Kier molecular flexibility index (Phi) is 5.76. The Morgan fingerprint density at radius 2 is 1.83 bits per heavy atom. The normalized spacial score (nSPS) is 13.0. The van der Waals surface area contributed by atoms with Crippen LogP contribution in [0.25, 0.3) is 0 Å². The van der Waals surface area contributed by atoms with Crippen LogP contribution in [0, 0.1) is 0 Å². The Balaban J connectivity index is 1.91. The van der Waals surface area contributed by atoms with E-state index in [0.29, 0.717) is 6.42 Å². The van der Waals surface area contributed by atoms with Gasteiger partial charge < -0.3 is 10.4 Å². The third kappa shape index (κ3) is 5.35. The highest BCUT2D eigenvalue weighted by Gasteiger charge is 2.15. The van der Waals surface area contributed by atoms with Crippen molar-refractivity contribution < 1.29 is 13.5 Å². The Morgan fingerprint density at radius 1 is 1.13 bits per heavy atom. The summed E-state index contributed by atoms with van der Waals surface area (Å²) in [7, 11) is -3.92. The molecule has 1 atom stereocenters. The van der Waals surface area contributed by atoms with Crippen LogP contribution >= 0.6 is 0 Å². The summed E-state index contributed by atoms with van der Waals surface area (Å²) in [6.07, 6.45) is 1.58. The number of benzene rings is 2. The maximum absolute atomic E-state index is 11.4. The zero-order valence-corrected chi connectivity index (χ0v) is 13.9. The number of phenolic OH excluding ortho intramolecular Hbond substituents is 1. The van der Waals surface area contributed by atoms with Gasteiger partial charge in [0.25, 0.3) is 0 Å². The molecule has 23 heavy (non-hydrogen) atoms. The highest BCUT2D eigenvalue weighted by molar-refractivity contribution is 7.89. The van der Waals surface area contributed by atoms with E-state index in [2.05, 4.69) is 17.4 Å². The molecule has 0 radical (unpaired) electrons. The van der Waals surface area contributed by atoms with Gasteiger partial charge in [-0.2, -0.15) is 0 Å². The average molecular weight is 334 g/mol. The standard InChI is InChI=1S/C17H22N2O3S/c1-13(19-10-9-14-5-3-2-4-6-14)11-15-7-8-16(20)17(12-15)23(18,21)22/h2-8,12-13,19-20H,9-11H2,1H3,(H2,18,21,22). The van der Waals surface area contributed by atoms with Crippen LogP contribution in [0.2, 0.25) is 0 Å². The first kappa shape index (κ1) is 17.5. The van der Waals surface area contributed by atoms with E-state index in [4.69, 9.17) is 5.14 Å². The van der Waals surface area contributed by atoms with E-state index in [1.165, 1.54) is 17.7 Å². The molecule has 0 saturated carbocycles. The topological polar surface area (TPSA) is 92.4 Å². The van der Waals surface area contributed by atoms with Crippen molar-refractivity contribution in [3.63, 3.8) is 0 Å². The van der Waals surface area contributed by atoms with E-state index in [9.17, 15) is 13.5 Å². The third-order valence-electron chi connectivity index (χ3n) is 3.62. The van der Waals surface area contributed by atoms with Crippen LogP contribution in [0.3, 0.4) is 0 Å². The van der Waals surface area contributed by atoms with Crippen molar-refractivity contribution in [1.29, 1.82) is 0 Å². The molecule has 0 spiro atoms. The lowest BCUT2D eigenvalue weighted by molar-refractivity contribution is 0.458. The molecule has 2 rings (SSSR count). The molecule has 5 nitrogen and oxygen atoms in total. The van der Waals surface area contributed by atoms with Crippen LogP contribution in [0.1, 0.15) is 18.1 Å². The zero-order chi connectivity index (χ0) is 16.9. The summed E-state index contributed by atoms with van der Waals surface area (Å²) in [6, 6.07) is 14.9. The van der Waals surface area contributed by atoms with E-state index in [1.54, 1.807) is 6.07 Å². The molecule has 0 aromatic heterocycles. The van der Waals surface area contributed by atoms with Gasteiger partial charge in [0.05, 0.1) is 0 Å². The third-order valence-corrected chi connectivity index (χ3v) is 4.56. The molecule has 0 bridgehead atoms. The zero-order valence-electron chi connectivity index (χ0n) is 13.1. The van der Waals surface area contributed by atoms with Crippen molar-refractivity contribution in [1.82, 2.24) is 5.32 Å². The molecule has 0 saturated heterocycles. The molecule has 4 N–H and O–H groups in total. The second kappa shape index (κ2) is 7.59. The first-order valence-corrected chi connectivity index (χ1v) is 9.03. The maximum Gasteiger partial charge on any atom is 0.241 e. The van der Waals surface area contributed by atoms with Crippen molar-refractivity contribution >= 4 is 10.0 Å². The molecule has 2 aromatic rings. The fourth-order valence-corrected chi connectivity index (χ4v) is 3.12. The monoisotopic (exact) mass is 334 g/mol. The summed E-state index contributed by atoms with van der Waals surface area (Å²) in [5, 5.41) is 18.1. The van der Waals surface area contributed by atoms with Crippen LogP contribution in [0.5, 0.6) is 5.75 Å². The molecule has 124 valence electrons. The smallest absolute Gasteiger partial charge is 0.241 e. The molecule has 0 heterocycles. The number of hydrogen-bond donors (Lipinski definition) is 3. The Bertz CT molecular complexity index is 746. The second-order valence-electron chi connectivity index (χ2n) is 5.64. The first-order valence-electron chi connectivity index (χ1n) is 7.48. The summed E-state index contributed by atoms with van der Waals surface area (Å²) in [4.78, 5) is -0.230. The summed E-state index contributed by atoms with van der Waals surface area (Å²) < 4.78 is 22.8. The SMILES string of the molecule is CC(Cc1ccc(O)c(S(N)(=O)=O)c1)NCCc1ccccc1. The minimum atomic E-state index is -3.92. The van der Waals surface area contributed by atoms with Crippen LogP contribution in [0.4, 0.5) is 0 Å². The quantitative estimate of drug-likeness (QED) is 0.720. The molecule has 2 aromatic carbocycles. The van der Waals surface area contributed by atoms with E-state index < -0.39 is 10.0 Å². The van der Waals surface area contributed by atoms with E-state index in [0.717, 1.165) is 18.5 Å². The van der Waals surface area contributed by atoms with Gasteiger partial charge in [-0.05, 0) is 49.6 Å². The van der Waals surface area contributed by atoms with Gasteiger partial charge in [-0.15, -0.1) is 0 Å². The predicted molar refractivity (Wildman–Crippen MR) is 90.8 cm³/mol. The molecule has 0 amide bonds. The van der Waals surface area contributed by atoms with Crippen molar-refractivity contribution in [2.24, 2.45) is 5.14 Å². The van der Waals surface area contributed by atoms with Crippen molar-refractivity contribution in [3.05, 3.63) is 59.7 Å². The largest absolute Gasteiger partial charge is 0.507 e. The van der Waals surface area contributed by atoms with Crippen LogP contribution in [-0.4, -0.2) is 26.1 Å². The highest BCUT2D eigenvalue weighted by Crippen LogP contribution is 2.23. The van der Waals surface area contributed by atoms with Gasteiger partial charge in [-0.3, -0.25) is 0 Å². The lowest BCUT2D eigenvalue weighted by atomic mass is 10.1. The van der Waals surface area contributed by atoms with Gasteiger partial charge >= 0.3 is 0 Å². The van der Waals surface area contributed by atoms with Crippen molar-refractivity contribution in [3.8, 4) is 5.75 Å². The van der Waals surface area contributed by atoms with Gasteiger partial charge in [0.1, 0.15) is 10.6 Å². The van der Waals surface area contributed by atoms with Crippen LogP contribution in [0.15, 0.2) is 53.4 Å². The fraction of sp³-hybridized carbons (Fsp3) is 0.294. The number of primary sulfonamides is 1. The van der Waals surface area contributed by atoms with Gasteiger partial charge in [-0.1, -0.05) is 36.4 Å². The highest BCUT2D eigenvalue weighted by atomic mass is 32.2. The number of aromatic hydroxyl groups is 1. The van der Waals surface area contributed by atoms with Crippen LogP contribution in [-0.2, 0) is 22.9 Å². The molecule has 6 heteroatoms. The number of rotatable bonds is 7. The maximum atomic E-state index is 11.4. The van der Waals surface area contributed by atoms with Gasteiger partial charge in [0, 0.05) is 6.04 Å². The fourth-order valence-electron chi connectivity index (χ4n) is 2.45. The van der Waals surface area contributed by atoms with Crippen LogP contribution < -0.4 is 10.5 Å². The van der Waals surface area contributed by atoms with Gasteiger partial charge in [-0.25, -0.2) is 13.6 Å².